The Morgan fingerprint density at radius 1 is 1.41 bits per heavy atom. The van der Waals surface area contributed by atoms with Crippen molar-refractivity contribution in [3.63, 3.8) is 0 Å². The molecule has 0 aliphatic heterocycles. The number of nitrogens with zero attached hydrogens (tertiary/aromatic N) is 4. The molecule has 0 aliphatic carbocycles. The number of azide groups is 1. The fourth-order valence-corrected chi connectivity index (χ4v) is 1.62. The van der Waals surface area contributed by atoms with E-state index in [-0.39, 0.29) is 30.7 Å². The molecule has 0 radical (unpaired) electrons. The van der Waals surface area contributed by atoms with Crippen molar-refractivity contribution in [2.75, 3.05) is 6.54 Å². The van der Waals surface area contributed by atoms with Gasteiger partial charge >= 0.3 is 6.36 Å². The molecule has 0 saturated carbocycles. The van der Waals surface area contributed by atoms with E-state index < -0.39 is 18.0 Å². The summed E-state index contributed by atoms with van der Waals surface area (Å²) < 4.78 is 39.7. The molecule has 0 aromatic heterocycles. The average molecular weight is 312 g/mol. The monoisotopic (exact) mass is 312 g/mol. The van der Waals surface area contributed by atoms with Crippen molar-refractivity contribution in [2.24, 2.45) is 11.0 Å². The molecule has 0 saturated heterocycles. The second-order valence-electron chi connectivity index (χ2n) is 4.27. The highest BCUT2D eigenvalue weighted by Gasteiger charge is 2.31. The summed E-state index contributed by atoms with van der Waals surface area (Å²) in [5, 5.41) is 12.1. The third-order valence-electron chi connectivity index (χ3n) is 2.68. The predicted molar refractivity (Wildman–Crippen MR) is 69.8 cm³/mol. The van der Waals surface area contributed by atoms with Crippen LogP contribution in [0.4, 0.5) is 13.2 Å². The molecule has 9 heteroatoms. The minimum Gasteiger partial charge on any atom is -0.406 e. The smallest absolute Gasteiger partial charge is 0.406 e. The third-order valence-corrected chi connectivity index (χ3v) is 2.68. The van der Waals surface area contributed by atoms with Crippen molar-refractivity contribution < 1.29 is 22.7 Å². The van der Waals surface area contributed by atoms with Gasteiger partial charge in [0.2, 0.25) is 0 Å². The van der Waals surface area contributed by atoms with Gasteiger partial charge in [-0.2, -0.15) is 5.26 Å². The van der Waals surface area contributed by atoms with E-state index in [1.165, 1.54) is 12.1 Å². The Bertz CT molecular complexity index is 601. The molecule has 1 aromatic carbocycles. The fraction of sp³-hybridized carbons (Fsp3) is 0.385. The summed E-state index contributed by atoms with van der Waals surface area (Å²) in [5.74, 6) is -1.31. The maximum Gasteiger partial charge on any atom is 0.573 e. The lowest BCUT2D eigenvalue weighted by Gasteiger charge is -2.09. The zero-order valence-electron chi connectivity index (χ0n) is 11.2. The summed E-state index contributed by atoms with van der Waals surface area (Å²) in [7, 11) is 0. The first-order valence-electron chi connectivity index (χ1n) is 6.15. The van der Waals surface area contributed by atoms with Crippen LogP contribution in [0.15, 0.2) is 29.4 Å². The summed E-state index contributed by atoms with van der Waals surface area (Å²) in [5.41, 5.74) is 8.38. The number of hydrogen-bond acceptors (Lipinski definition) is 4. The highest BCUT2D eigenvalue weighted by molar-refractivity contribution is 5.96. The second kappa shape index (κ2) is 7.90. The standard InChI is InChI=1S/C13H11F3N4O2/c14-13(15,16)22-11-4-2-10(3-5-11)12(21)6-1-9(7-17)8-19-20-18/h2-5,9H,1,6,8H2. The normalized spacial score (nSPS) is 11.9. The molecule has 0 aliphatic rings. The number of nitriles is 1. The lowest BCUT2D eigenvalue weighted by atomic mass is 10.00. The first kappa shape index (κ1) is 17.3. The van der Waals surface area contributed by atoms with Gasteiger partial charge in [0.05, 0.1) is 12.0 Å². The maximum atomic E-state index is 12.0. The zero-order valence-corrected chi connectivity index (χ0v) is 11.2. The summed E-state index contributed by atoms with van der Waals surface area (Å²) in [6.07, 6.45) is -4.55. The Morgan fingerprint density at radius 3 is 2.55 bits per heavy atom. The van der Waals surface area contributed by atoms with Gasteiger partial charge in [-0.05, 0) is 36.2 Å². The van der Waals surface area contributed by atoms with Crippen molar-refractivity contribution in [3.05, 3.63) is 40.3 Å². The van der Waals surface area contributed by atoms with Crippen molar-refractivity contribution in [2.45, 2.75) is 19.2 Å². The van der Waals surface area contributed by atoms with Gasteiger partial charge in [0.15, 0.2) is 5.78 Å². The van der Waals surface area contributed by atoms with E-state index in [4.69, 9.17) is 10.8 Å². The molecule has 1 rings (SSSR count). The number of carbonyl (C=O) groups is 1. The van der Waals surface area contributed by atoms with Gasteiger partial charge in [-0.25, -0.2) is 0 Å². The maximum absolute atomic E-state index is 12.0. The van der Waals surface area contributed by atoms with E-state index >= 15 is 0 Å². The van der Waals surface area contributed by atoms with Gasteiger partial charge in [0, 0.05) is 23.4 Å². The molecule has 0 heterocycles. The third kappa shape index (κ3) is 6.15. The lowest BCUT2D eigenvalue weighted by molar-refractivity contribution is -0.274. The highest BCUT2D eigenvalue weighted by Crippen LogP contribution is 2.23. The molecule has 0 bridgehead atoms. The van der Waals surface area contributed by atoms with Crippen LogP contribution in [0.25, 0.3) is 10.4 Å². The SMILES string of the molecule is N#CC(CCC(=O)c1ccc(OC(F)(F)F)cc1)CN=[N+]=[N-]. The molecular weight excluding hydrogens is 301 g/mol. The number of ether oxygens (including phenoxy) is 1. The van der Waals surface area contributed by atoms with Crippen LogP contribution >= 0.6 is 0 Å². The number of rotatable bonds is 7. The number of Topliss-reactive ketones (excluding diaryl/α,β-unsaturated/α-hetero) is 1. The minimum atomic E-state index is -4.78. The van der Waals surface area contributed by atoms with E-state index in [9.17, 15) is 18.0 Å². The quantitative estimate of drug-likeness (QED) is 0.329. The molecule has 0 spiro atoms. The van der Waals surface area contributed by atoms with Crippen LogP contribution in [0.5, 0.6) is 5.75 Å². The zero-order chi connectivity index (χ0) is 16.6. The van der Waals surface area contributed by atoms with Crippen LogP contribution in [-0.2, 0) is 0 Å². The van der Waals surface area contributed by atoms with Crippen molar-refractivity contribution >= 4 is 5.78 Å². The second-order valence-corrected chi connectivity index (χ2v) is 4.27. The van der Waals surface area contributed by atoms with E-state index in [0.717, 1.165) is 12.1 Å². The molecule has 0 amide bonds. The molecule has 1 unspecified atom stereocenters. The Hall–Kier alpha value is -2.72. The largest absolute Gasteiger partial charge is 0.573 e. The van der Waals surface area contributed by atoms with Gasteiger partial charge in [-0.3, -0.25) is 4.79 Å². The fourth-order valence-electron chi connectivity index (χ4n) is 1.62. The van der Waals surface area contributed by atoms with Crippen molar-refractivity contribution in [1.82, 2.24) is 0 Å². The van der Waals surface area contributed by atoms with Crippen LogP contribution < -0.4 is 4.74 Å². The minimum absolute atomic E-state index is 0.0264. The van der Waals surface area contributed by atoms with Crippen LogP contribution in [0.1, 0.15) is 23.2 Å². The molecule has 0 fully saturated rings. The molecule has 1 atom stereocenters. The average Bonchev–Trinajstić information content (AvgIpc) is 2.46. The van der Waals surface area contributed by atoms with Crippen molar-refractivity contribution in [1.29, 1.82) is 5.26 Å². The van der Waals surface area contributed by atoms with Gasteiger partial charge in [0.1, 0.15) is 5.75 Å². The first-order valence-corrected chi connectivity index (χ1v) is 6.15. The number of hydrogen-bond donors (Lipinski definition) is 0. The summed E-state index contributed by atoms with van der Waals surface area (Å²) >= 11 is 0. The van der Waals surface area contributed by atoms with Gasteiger partial charge in [-0.1, -0.05) is 5.11 Å². The van der Waals surface area contributed by atoms with Gasteiger partial charge in [0.25, 0.3) is 0 Å². The molecular formula is C13H11F3N4O2. The van der Waals surface area contributed by atoms with E-state index in [1.807, 2.05) is 6.07 Å². The topological polar surface area (TPSA) is 98.9 Å². The highest BCUT2D eigenvalue weighted by atomic mass is 19.4. The Labute approximate surface area is 123 Å². The number of alkyl halides is 3. The number of benzene rings is 1. The molecule has 6 nitrogen and oxygen atoms in total. The Kier molecular flexibility index (Phi) is 6.23. The Balaban J connectivity index is 2.59. The van der Waals surface area contributed by atoms with Gasteiger partial charge < -0.3 is 4.74 Å². The van der Waals surface area contributed by atoms with E-state index in [0.29, 0.717) is 0 Å². The summed E-state index contributed by atoms with van der Waals surface area (Å²) in [6.45, 7) is -0.0291. The van der Waals surface area contributed by atoms with Crippen LogP contribution in [0.2, 0.25) is 0 Å². The van der Waals surface area contributed by atoms with Crippen LogP contribution in [0, 0.1) is 17.2 Å². The van der Waals surface area contributed by atoms with E-state index in [1.54, 1.807) is 0 Å². The molecule has 0 N–H and O–H groups in total. The van der Waals surface area contributed by atoms with Crippen molar-refractivity contribution in [3.8, 4) is 11.8 Å². The first-order chi connectivity index (χ1) is 10.4. The lowest BCUT2D eigenvalue weighted by Crippen LogP contribution is -2.17. The summed E-state index contributed by atoms with van der Waals surface area (Å²) in [6, 6.07) is 6.45. The number of halogens is 3. The molecule has 22 heavy (non-hydrogen) atoms. The van der Waals surface area contributed by atoms with E-state index in [2.05, 4.69) is 14.8 Å². The summed E-state index contributed by atoms with van der Waals surface area (Å²) in [4.78, 5) is 14.4. The van der Waals surface area contributed by atoms with Crippen LogP contribution in [-0.4, -0.2) is 18.7 Å². The van der Waals surface area contributed by atoms with Crippen LogP contribution in [0.3, 0.4) is 0 Å². The molecule has 1 aromatic rings. The Morgan fingerprint density at radius 2 is 2.05 bits per heavy atom. The number of carbonyl (C=O) groups excluding carboxylic acids is 1. The molecule has 116 valence electrons. The van der Waals surface area contributed by atoms with Gasteiger partial charge in [-0.15, -0.1) is 13.2 Å². The number of ketones is 1. The predicted octanol–water partition coefficient (Wildman–Crippen LogP) is 4.00.